The number of aromatic nitrogens is 2. The third kappa shape index (κ3) is 4.82. The molecule has 6 heteroatoms. The molecule has 1 amide bonds. The van der Waals surface area contributed by atoms with Gasteiger partial charge in [0, 0.05) is 22.8 Å². The van der Waals surface area contributed by atoms with Crippen LogP contribution in [0.3, 0.4) is 0 Å². The number of hydrogen-bond donors (Lipinski definition) is 2. The summed E-state index contributed by atoms with van der Waals surface area (Å²) in [5, 5.41) is 5.98. The molecule has 0 aliphatic heterocycles. The number of amides is 1. The van der Waals surface area contributed by atoms with Crippen molar-refractivity contribution in [2.45, 2.75) is 19.8 Å². The zero-order valence-electron chi connectivity index (χ0n) is 11.8. The number of nitrogens with one attached hydrogen (secondary N) is 2. The van der Waals surface area contributed by atoms with Crippen LogP contribution in [0.15, 0.2) is 41.1 Å². The smallest absolute Gasteiger partial charge is 0.270 e. The number of unbranched alkanes of at least 4 members (excludes halogenated alkanes) is 1. The van der Waals surface area contributed by atoms with Gasteiger partial charge in [0.1, 0.15) is 17.8 Å². The highest BCUT2D eigenvalue weighted by Gasteiger charge is 2.08. The molecule has 0 atom stereocenters. The Bertz CT molecular complexity index is 618. The zero-order valence-corrected chi connectivity index (χ0v) is 13.4. The van der Waals surface area contributed by atoms with Gasteiger partial charge in [0.15, 0.2) is 0 Å². The molecular weight excluding hydrogens is 332 g/mol. The molecule has 0 fully saturated rings. The zero-order chi connectivity index (χ0) is 15.1. The van der Waals surface area contributed by atoms with Crippen molar-refractivity contribution in [2.75, 3.05) is 11.9 Å². The summed E-state index contributed by atoms with van der Waals surface area (Å²) in [5.41, 5.74) is 1.25. The van der Waals surface area contributed by atoms with Crippen LogP contribution in [-0.2, 0) is 0 Å². The first kappa shape index (κ1) is 15.4. The number of rotatable bonds is 6. The number of carbonyl (C=O) groups is 1. The van der Waals surface area contributed by atoms with Gasteiger partial charge in [-0.3, -0.25) is 4.79 Å². The molecule has 0 bridgehead atoms. The lowest BCUT2D eigenvalue weighted by Gasteiger charge is -2.07. The molecule has 2 rings (SSSR count). The normalized spacial score (nSPS) is 10.2. The summed E-state index contributed by atoms with van der Waals surface area (Å²) in [6.45, 7) is 2.74. The van der Waals surface area contributed by atoms with E-state index < -0.39 is 0 Å². The monoisotopic (exact) mass is 348 g/mol. The van der Waals surface area contributed by atoms with E-state index in [1.807, 2.05) is 24.3 Å². The maximum atomic E-state index is 11.9. The van der Waals surface area contributed by atoms with Crippen LogP contribution in [0.5, 0.6) is 0 Å². The van der Waals surface area contributed by atoms with Crippen LogP contribution in [0.1, 0.15) is 30.3 Å². The Balaban J connectivity index is 2.05. The van der Waals surface area contributed by atoms with E-state index in [0.717, 1.165) is 23.0 Å². The summed E-state index contributed by atoms with van der Waals surface area (Å²) >= 11 is 3.41. The molecule has 110 valence electrons. The standard InChI is InChI=1S/C15H17BrN4O/c1-2-3-7-17-15(21)13-9-14(19-10-18-13)20-12-6-4-5-11(16)8-12/h4-6,8-10H,2-3,7H2,1H3,(H,17,21)(H,18,19,20). The molecule has 0 aliphatic rings. The van der Waals surface area contributed by atoms with Crippen molar-refractivity contribution in [3.63, 3.8) is 0 Å². The second-order valence-corrected chi connectivity index (χ2v) is 5.45. The van der Waals surface area contributed by atoms with Gasteiger partial charge in [-0.15, -0.1) is 0 Å². The minimum atomic E-state index is -0.178. The molecule has 0 aliphatic carbocycles. The van der Waals surface area contributed by atoms with Crippen molar-refractivity contribution in [1.82, 2.24) is 15.3 Å². The Morgan fingerprint density at radius 1 is 1.29 bits per heavy atom. The highest BCUT2D eigenvalue weighted by molar-refractivity contribution is 9.10. The molecule has 0 unspecified atom stereocenters. The highest BCUT2D eigenvalue weighted by atomic mass is 79.9. The number of halogens is 1. The van der Waals surface area contributed by atoms with Gasteiger partial charge < -0.3 is 10.6 Å². The van der Waals surface area contributed by atoms with Crippen LogP contribution >= 0.6 is 15.9 Å². The fraction of sp³-hybridized carbons (Fsp3) is 0.267. The minimum absolute atomic E-state index is 0.178. The van der Waals surface area contributed by atoms with Gasteiger partial charge in [-0.05, 0) is 24.6 Å². The van der Waals surface area contributed by atoms with Gasteiger partial charge in [-0.1, -0.05) is 35.3 Å². The van der Waals surface area contributed by atoms with Gasteiger partial charge in [-0.2, -0.15) is 0 Å². The van der Waals surface area contributed by atoms with Crippen LogP contribution in [0.4, 0.5) is 11.5 Å². The summed E-state index contributed by atoms with van der Waals surface area (Å²) in [5.74, 6) is 0.409. The lowest BCUT2D eigenvalue weighted by molar-refractivity contribution is 0.0948. The number of anilines is 2. The van der Waals surface area contributed by atoms with E-state index in [1.165, 1.54) is 6.33 Å². The average molecular weight is 349 g/mol. The predicted octanol–water partition coefficient (Wildman–Crippen LogP) is 3.51. The Kier molecular flexibility index (Phi) is 5.68. The van der Waals surface area contributed by atoms with Crippen LogP contribution in [0.2, 0.25) is 0 Å². The molecule has 21 heavy (non-hydrogen) atoms. The minimum Gasteiger partial charge on any atom is -0.351 e. The van der Waals surface area contributed by atoms with E-state index in [0.29, 0.717) is 18.1 Å². The fourth-order valence-corrected chi connectivity index (χ4v) is 2.13. The second-order valence-electron chi connectivity index (χ2n) is 4.53. The van der Waals surface area contributed by atoms with Gasteiger partial charge >= 0.3 is 0 Å². The van der Waals surface area contributed by atoms with E-state index in [2.05, 4.69) is 43.5 Å². The maximum absolute atomic E-state index is 11.9. The molecule has 1 heterocycles. The molecule has 0 saturated carbocycles. The van der Waals surface area contributed by atoms with Gasteiger partial charge in [-0.25, -0.2) is 9.97 Å². The molecule has 0 saturated heterocycles. The topological polar surface area (TPSA) is 66.9 Å². The summed E-state index contributed by atoms with van der Waals surface area (Å²) in [4.78, 5) is 20.1. The van der Waals surface area contributed by atoms with Crippen molar-refractivity contribution in [3.05, 3.63) is 46.8 Å². The first-order valence-corrected chi connectivity index (χ1v) is 7.61. The van der Waals surface area contributed by atoms with E-state index in [9.17, 15) is 4.79 Å². The van der Waals surface area contributed by atoms with Crippen molar-refractivity contribution >= 4 is 33.3 Å². The van der Waals surface area contributed by atoms with Gasteiger partial charge in [0.2, 0.25) is 0 Å². The molecular formula is C15H17BrN4O. The van der Waals surface area contributed by atoms with Crippen LogP contribution < -0.4 is 10.6 Å². The molecule has 0 radical (unpaired) electrons. The maximum Gasteiger partial charge on any atom is 0.270 e. The molecule has 1 aromatic heterocycles. The second kappa shape index (κ2) is 7.73. The molecule has 1 aromatic carbocycles. The molecule has 5 nitrogen and oxygen atoms in total. The quantitative estimate of drug-likeness (QED) is 0.784. The Morgan fingerprint density at radius 3 is 2.90 bits per heavy atom. The first-order valence-electron chi connectivity index (χ1n) is 6.82. The van der Waals surface area contributed by atoms with Crippen LogP contribution in [0.25, 0.3) is 0 Å². The summed E-state index contributed by atoms with van der Waals surface area (Å²) < 4.78 is 0.971. The summed E-state index contributed by atoms with van der Waals surface area (Å²) in [7, 11) is 0. The average Bonchev–Trinajstić information content (AvgIpc) is 2.48. The molecule has 2 N–H and O–H groups in total. The van der Waals surface area contributed by atoms with Crippen molar-refractivity contribution in [3.8, 4) is 0 Å². The van der Waals surface area contributed by atoms with Gasteiger partial charge in [0.25, 0.3) is 5.91 Å². The van der Waals surface area contributed by atoms with Crippen LogP contribution in [-0.4, -0.2) is 22.4 Å². The Morgan fingerprint density at radius 2 is 2.14 bits per heavy atom. The summed E-state index contributed by atoms with van der Waals surface area (Å²) in [6.07, 6.45) is 3.38. The first-order chi connectivity index (χ1) is 10.2. The number of benzene rings is 1. The van der Waals surface area contributed by atoms with E-state index >= 15 is 0 Å². The SMILES string of the molecule is CCCCNC(=O)c1cc(Nc2cccc(Br)c2)ncn1. The Hall–Kier alpha value is -1.95. The van der Waals surface area contributed by atoms with Gasteiger partial charge in [0.05, 0.1) is 0 Å². The largest absolute Gasteiger partial charge is 0.351 e. The lowest BCUT2D eigenvalue weighted by atomic mass is 10.3. The molecule has 2 aromatic rings. The predicted molar refractivity (Wildman–Crippen MR) is 86.7 cm³/mol. The number of hydrogen-bond acceptors (Lipinski definition) is 4. The summed E-state index contributed by atoms with van der Waals surface area (Å²) in [6, 6.07) is 9.36. The fourth-order valence-electron chi connectivity index (χ4n) is 1.73. The number of carbonyl (C=O) groups excluding carboxylic acids is 1. The third-order valence-electron chi connectivity index (χ3n) is 2.81. The van der Waals surface area contributed by atoms with Crippen molar-refractivity contribution < 1.29 is 4.79 Å². The number of nitrogens with zero attached hydrogens (tertiary/aromatic N) is 2. The third-order valence-corrected chi connectivity index (χ3v) is 3.31. The van der Waals surface area contributed by atoms with Crippen molar-refractivity contribution in [2.24, 2.45) is 0 Å². The lowest BCUT2D eigenvalue weighted by Crippen LogP contribution is -2.25. The van der Waals surface area contributed by atoms with E-state index in [1.54, 1.807) is 6.07 Å². The van der Waals surface area contributed by atoms with E-state index in [-0.39, 0.29) is 5.91 Å². The highest BCUT2D eigenvalue weighted by Crippen LogP contribution is 2.19. The van der Waals surface area contributed by atoms with E-state index in [4.69, 9.17) is 0 Å². The van der Waals surface area contributed by atoms with Crippen molar-refractivity contribution in [1.29, 1.82) is 0 Å². The molecule has 0 spiro atoms. The van der Waals surface area contributed by atoms with Crippen LogP contribution in [0, 0.1) is 0 Å². The Labute approximate surface area is 132 Å².